The van der Waals surface area contributed by atoms with E-state index in [-0.39, 0.29) is 6.04 Å². The number of benzene rings is 1. The molecule has 0 unspecified atom stereocenters. The predicted molar refractivity (Wildman–Crippen MR) is 109 cm³/mol. The molecule has 1 atom stereocenters. The minimum absolute atomic E-state index is 0.0385. The summed E-state index contributed by atoms with van der Waals surface area (Å²) >= 11 is 0. The van der Waals surface area contributed by atoms with Crippen molar-refractivity contribution in [2.24, 2.45) is 5.92 Å². The Morgan fingerprint density at radius 3 is 2.83 bits per heavy atom. The van der Waals surface area contributed by atoms with Gasteiger partial charge in [0.25, 0.3) is 0 Å². The molecule has 0 spiro atoms. The summed E-state index contributed by atoms with van der Waals surface area (Å²) in [6.45, 7) is 4.18. The molecule has 7 heteroatoms. The number of fused-ring (bicyclic) bond motifs is 1. The third kappa shape index (κ3) is 3.48. The van der Waals surface area contributed by atoms with E-state index in [4.69, 9.17) is 9.47 Å². The fraction of sp³-hybridized carbons (Fsp3) is 0.545. The molecule has 1 aliphatic carbocycles. The highest BCUT2D eigenvalue weighted by atomic mass is 16.5. The van der Waals surface area contributed by atoms with Gasteiger partial charge in [0.1, 0.15) is 5.75 Å². The molecule has 1 amide bonds. The van der Waals surface area contributed by atoms with E-state index in [1.54, 1.807) is 0 Å². The number of rotatable bonds is 6. The van der Waals surface area contributed by atoms with Gasteiger partial charge in [-0.3, -0.25) is 9.58 Å². The predicted octanol–water partition coefficient (Wildman–Crippen LogP) is 4.12. The van der Waals surface area contributed by atoms with Crippen LogP contribution in [-0.4, -0.2) is 46.8 Å². The number of carboxylic acid groups (broad SMARTS) is 1. The molecule has 7 nitrogen and oxygen atoms in total. The number of anilines is 1. The van der Waals surface area contributed by atoms with Crippen molar-refractivity contribution in [3.05, 3.63) is 30.1 Å². The van der Waals surface area contributed by atoms with Crippen LogP contribution in [0.15, 0.2) is 24.5 Å². The molecule has 1 saturated heterocycles. The van der Waals surface area contributed by atoms with Crippen molar-refractivity contribution in [3.8, 4) is 16.9 Å². The van der Waals surface area contributed by atoms with Crippen LogP contribution in [0.25, 0.3) is 11.1 Å². The third-order valence-corrected chi connectivity index (χ3v) is 6.27. The van der Waals surface area contributed by atoms with Crippen LogP contribution >= 0.6 is 0 Å². The van der Waals surface area contributed by atoms with E-state index in [0.717, 1.165) is 60.6 Å². The van der Waals surface area contributed by atoms with Crippen molar-refractivity contribution in [1.29, 1.82) is 0 Å². The fourth-order valence-corrected chi connectivity index (χ4v) is 4.28. The molecule has 0 bridgehead atoms. The first-order chi connectivity index (χ1) is 14.1. The van der Waals surface area contributed by atoms with Crippen LogP contribution in [0.4, 0.5) is 10.5 Å². The standard InChI is InChI=1S/C22H27N3O4/c1-14-2-5-19-20(25(14)22(26)27)7-6-18(16-10-23-24(11-16)17-3-4-17)21(19)29-9-8-15-12-28-13-15/h6-7,10-11,14-15,17H,2-5,8-9,12-13H2,1H3,(H,26,27)/t14-/m0/s1. The molecule has 1 aromatic heterocycles. The minimum atomic E-state index is -0.912. The van der Waals surface area contributed by atoms with Crippen LogP contribution in [0.5, 0.6) is 5.75 Å². The number of aromatic nitrogens is 2. The first-order valence-corrected chi connectivity index (χ1v) is 10.5. The highest BCUT2D eigenvalue weighted by molar-refractivity contribution is 5.91. The Labute approximate surface area is 170 Å². The molecule has 1 saturated carbocycles. The van der Waals surface area contributed by atoms with Crippen LogP contribution in [0.3, 0.4) is 0 Å². The van der Waals surface area contributed by atoms with Gasteiger partial charge in [-0.15, -0.1) is 0 Å². The zero-order chi connectivity index (χ0) is 20.0. The molecule has 29 heavy (non-hydrogen) atoms. The summed E-state index contributed by atoms with van der Waals surface area (Å²) in [5.74, 6) is 1.38. The van der Waals surface area contributed by atoms with Gasteiger partial charge < -0.3 is 14.6 Å². The van der Waals surface area contributed by atoms with Crippen LogP contribution in [0.2, 0.25) is 0 Å². The Morgan fingerprint density at radius 2 is 2.14 bits per heavy atom. The number of ether oxygens (including phenoxy) is 2. The van der Waals surface area contributed by atoms with E-state index in [1.165, 1.54) is 17.7 Å². The Hall–Kier alpha value is -2.54. The molecule has 0 radical (unpaired) electrons. The molecule has 5 rings (SSSR count). The molecule has 2 fully saturated rings. The molecule has 3 heterocycles. The maximum Gasteiger partial charge on any atom is 0.412 e. The zero-order valence-corrected chi connectivity index (χ0v) is 16.7. The first kappa shape index (κ1) is 18.5. The van der Waals surface area contributed by atoms with E-state index in [0.29, 0.717) is 18.6 Å². The Bertz CT molecular complexity index is 917. The lowest BCUT2D eigenvalue weighted by molar-refractivity contribution is -0.0401. The van der Waals surface area contributed by atoms with E-state index in [2.05, 4.69) is 11.3 Å². The molecule has 3 aliphatic rings. The van der Waals surface area contributed by atoms with Crippen LogP contribution in [0, 0.1) is 5.92 Å². The van der Waals surface area contributed by atoms with Gasteiger partial charge in [0.15, 0.2) is 0 Å². The van der Waals surface area contributed by atoms with E-state index >= 15 is 0 Å². The molecule has 1 N–H and O–H groups in total. The summed E-state index contributed by atoms with van der Waals surface area (Å²) in [4.78, 5) is 13.4. The van der Waals surface area contributed by atoms with Gasteiger partial charge >= 0.3 is 6.09 Å². The van der Waals surface area contributed by atoms with Gasteiger partial charge in [-0.25, -0.2) is 4.79 Å². The second-order valence-electron chi connectivity index (χ2n) is 8.46. The monoisotopic (exact) mass is 397 g/mol. The lowest BCUT2D eigenvalue weighted by Gasteiger charge is -2.34. The summed E-state index contributed by atoms with van der Waals surface area (Å²) in [6.07, 6.45) is 7.99. The van der Waals surface area contributed by atoms with Crippen molar-refractivity contribution < 1.29 is 19.4 Å². The number of carbonyl (C=O) groups is 1. The number of amides is 1. The Morgan fingerprint density at radius 1 is 1.31 bits per heavy atom. The molecule has 1 aromatic carbocycles. The maximum atomic E-state index is 11.9. The van der Waals surface area contributed by atoms with Gasteiger partial charge in [0, 0.05) is 34.8 Å². The van der Waals surface area contributed by atoms with Gasteiger partial charge in [0.2, 0.25) is 0 Å². The Kier molecular flexibility index (Phi) is 4.70. The van der Waals surface area contributed by atoms with Gasteiger partial charge in [0.05, 0.1) is 37.7 Å². The van der Waals surface area contributed by atoms with E-state index in [1.807, 2.05) is 29.9 Å². The fourth-order valence-electron chi connectivity index (χ4n) is 4.28. The largest absolute Gasteiger partial charge is 0.493 e. The van der Waals surface area contributed by atoms with E-state index in [9.17, 15) is 9.90 Å². The van der Waals surface area contributed by atoms with Crippen molar-refractivity contribution in [3.63, 3.8) is 0 Å². The van der Waals surface area contributed by atoms with E-state index < -0.39 is 6.09 Å². The highest BCUT2D eigenvalue weighted by Crippen LogP contribution is 2.44. The summed E-state index contributed by atoms with van der Waals surface area (Å²) < 4.78 is 13.6. The second kappa shape index (κ2) is 7.37. The minimum Gasteiger partial charge on any atom is -0.493 e. The second-order valence-corrected chi connectivity index (χ2v) is 8.46. The maximum absolute atomic E-state index is 11.9. The SMILES string of the molecule is C[C@H]1CCc2c(ccc(-c3cnn(C4CC4)c3)c2OCCC2COC2)N1C(=O)O. The lowest BCUT2D eigenvalue weighted by atomic mass is 9.92. The molecule has 154 valence electrons. The van der Waals surface area contributed by atoms with Crippen LogP contribution < -0.4 is 9.64 Å². The number of hydrogen-bond donors (Lipinski definition) is 1. The molecular weight excluding hydrogens is 370 g/mol. The molecule has 2 aromatic rings. The quantitative estimate of drug-likeness (QED) is 0.793. The van der Waals surface area contributed by atoms with Crippen molar-refractivity contribution in [2.45, 2.75) is 51.1 Å². The molecular formula is C22H27N3O4. The summed E-state index contributed by atoms with van der Waals surface area (Å²) in [6, 6.07) is 4.40. The summed E-state index contributed by atoms with van der Waals surface area (Å²) in [5, 5.41) is 14.3. The van der Waals surface area contributed by atoms with Crippen molar-refractivity contribution in [2.75, 3.05) is 24.7 Å². The van der Waals surface area contributed by atoms with Crippen LogP contribution in [0.1, 0.15) is 44.2 Å². The smallest absolute Gasteiger partial charge is 0.412 e. The summed E-state index contributed by atoms with van der Waals surface area (Å²) in [5.41, 5.74) is 3.77. The normalized spacial score (nSPS) is 21.6. The average Bonchev–Trinajstić information content (AvgIpc) is 3.40. The van der Waals surface area contributed by atoms with Crippen LogP contribution in [-0.2, 0) is 11.2 Å². The number of hydrogen-bond acceptors (Lipinski definition) is 4. The zero-order valence-electron chi connectivity index (χ0n) is 16.7. The third-order valence-electron chi connectivity index (χ3n) is 6.27. The van der Waals surface area contributed by atoms with Gasteiger partial charge in [-0.1, -0.05) is 0 Å². The van der Waals surface area contributed by atoms with Gasteiger partial charge in [-0.2, -0.15) is 5.10 Å². The average molecular weight is 397 g/mol. The first-order valence-electron chi connectivity index (χ1n) is 10.5. The van der Waals surface area contributed by atoms with Crippen molar-refractivity contribution in [1.82, 2.24) is 9.78 Å². The highest BCUT2D eigenvalue weighted by Gasteiger charge is 2.32. The van der Waals surface area contributed by atoms with Gasteiger partial charge in [-0.05, 0) is 51.2 Å². The summed E-state index contributed by atoms with van der Waals surface area (Å²) in [7, 11) is 0. The number of nitrogens with zero attached hydrogens (tertiary/aromatic N) is 3. The van der Waals surface area contributed by atoms with Crippen molar-refractivity contribution >= 4 is 11.8 Å². The lowest BCUT2D eigenvalue weighted by Crippen LogP contribution is -2.41. The molecule has 2 aliphatic heterocycles. The topological polar surface area (TPSA) is 76.8 Å². The Balaban J connectivity index is 1.51.